The van der Waals surface area contributed by atoms with Crippen LogP contribution in [0.2, 0.25) is 5.02 Å². The summed E-state index contributed by atoms with van der Waals surface area (Å²) in [5.41, 5.74) is 6.60. The van der Waals surface area contributed by atoms with E-state index in [1.54, 1.807) is 6.20 Å². The zero-order chi connectivity index (χ0) is 22.0. The first kappa shape index (κ1) is 24.3. The van der Waals surface area contributed by atoms with Crippen molar-refractivity contribution in [1.29, 1.82) is 0 Å². The van der Waals surface area contributed by atoms with Crippen LogP contribution in [-0.4, -0.2) is 28.8 Å². The van der Waals surface area contributed by atoms with Crippen molar-refractivity contribution < 1.29 is 4.79 Å². The summed E-state index contributed by atoms with van der Waals surface area (Å²) in [6, 6.07) is 12.0. The van der Waals surface area contributed by atoms with Crippen LogP contribution >= 0.6 is 24.0 Å². The molecular formula is C25H30Cl2N4O. The first-order valence-corrected chi connectivity index (χ1v) is 11.3. The molecule has 0 unspecified atom stereocenters. The Morgan fingerprint density at radius 2 is 1.94 bits per heavy atom. The van der Waals surface area contributed by atoms with Crippen molar-refractivity contribution in [3.63, 3.8) is 0 Å². The lowest BCUT2D eigenvalue weighted by Gasteiger charge is -2.25. The molecule has 1 amide bonds. The average molecular weight is 473 g/mol. The molecule has 0 spiro atoms. The van der Waals surface area contributed by atoms with Gasteiger partial charge in [0.15, 0.2) is 0 Å². The highest BCUT2D eigenvalue weighted by Crippen LogP contribution is 2.32. The predicted molar refractivity (Wildman–Crippen MR) is 134 cm³/mol. The molecule has 0 aliphatic carbocycles. The fourth-order valence-corrected chi connectivity index (χ4v) is 4.50. The molecule has 5 nitrogen and oxygen atoms in total. The number of carbonyl (C=O) groups is 1. The molecule has 0 atom stereocenters. The Bertz CT molecular complexity index is 1100. The standard InChI is InChI=1S/C25H29ClN4O.ClH/c1-4-18-7-5-6-17(3)23(18)29-25(31)21-15-28-30(20-9-8-16(2)22(26)14-20)24(21)19-10-12-27-13-11-19;/h5-9,14-15,19,27H,4,10-13H2,1-3H3,(H,29,31);1H. The van der Waals surface area contributed by atoms with Crippen molar-refractivity contribution in [2.24, 2.45) is 0 Å². The van der Waals surface area contributed by atoms with E-state index in [0.717, 1.165) is 66.1 Å². The van der Waals surface area contributed by atoms with E-state index in [0.29, 0.717) is 10.6 Å². The molecule has 170 valence electrons. The predicted octanol–water partition coefficient (Wildman–Crippen LogP) is 5.85. The van der Waals surface area contributed by atoms with Crippen LogP contribution < -0.4 is 10.6 Å². The summed E-state index contributed by atoms with van der Waals surface area (Å²) >= 11 is 6.40. The summed E-state index contributed by atoms with van der Waals surface area (Å²) in [5, 5.41) is 11.9. The van der Waals surface area contributed by atoms with Crippen molar-refractivity contribution in [3.05, 3.63) is 75.6 Å². The number of rotatable bonds is 5. The summed E-state index contributed by atoms with van der Waals surface area (Å²) in [6.07, 6.45) is 4.50. The number of benzene rings is 2. The molecule has 1 saturated heterocycles. The Balaban J connectivity index is 0.00000289. The van der Waals surface area contributed by atoms with E-state index in [1.807, 2.05) is 48.9 Å². The largest absolute Gasteiger partial charge is 0.321 e. The summed E-state index contributed by atoms with van der Waals surface area (Å²) in [4.78, 5) is 13.5. The van der Waals surface area contributed by atoms with Crippen LogP contribution in [0.1, 0.15) is 58.4 Å². The van der Waals surface area contributed by atoms with E-state index in [1.165, 1.54) is 0 Å². The number of anilines is 1. The number of nitrogens with zero attached hydrogens (tertiary/aromatic N) is 2. The van der Waals surface area contributed by atoms with Crippen LogP contribution in [0.5, 0.6) is 0 Å². The van der Waals surface area contributed by atoms with Crippen LogP contribution in [0.3, 0.4) is 0 Å². The summed E-state index contributed by atoms with van der Waals surface area (Å²) in [6.45, 7) is 7.98. The molecule has 2 heterocycles. The highest BCUT2D eigenvalue weighted by Gasteiger charge is 2.27. The maximum absolute atomic E-state index is 13.5. The van der Waals surface area contributed by atoms with Gasteiger partial charge in [-0.05, 0) is 75.0 Å². The van der Waals surface area contributed by atoms with Gasteiger partial charge in [0.1, 0.15) is 0 Å². The second-order valence-corrected chi connectivity index (χ2v) is 8.64. The number of aromatic nitrogens is 2. The van der Waals surface area contributed by atoms with E-state index in [4.69, 9.17) is 11.6 Å². The first-order valence-electron chi connectivity index (χ1n) is 10.9. The van der Waals surface area contributed by atoms with Crippen LogP contribution in [0.4, 0.5) is 5.69 Å². The molecule has 2 aromatic carbocycles. The SMILES string of the molecule is CCc1cccc(C)c1NC(=O)c1cnn(-c2ccc(C)c(Cl)c2)c1C1CCNCC1.Cl. The quantitative estimate of drug-likeness (QED) is 0.489. The van der Waals surface area contributed by atoms with E-state index in [9.17, 15) is 4.79 Å². The van der Waals surface area contributed by atoms with Gasteiger partial charge in [0.05, 0.1) is 23.1 Å². The lowest BCUT2D eigenvalue weighted by molar-refractivity contribution is 0.102. The normalized spacial score (nSPS) is 14.1. The van der Waals surface area contributed by atoms with Gasteiger partial charge < -0.3 is 10.6 Å². The molecule has 4 rings (SSSR count). The smallest absolute Gasteiger partial charge is 0.259 e. The van der Waals surface area contributed by atoms with E-state index in [-0.39, 0.29) is 24.2 Å². The Morgan fingerprint density at radius 3 is 2.62 bits per heavy atom. The molecule has 1 aliphatic rings. The number of hydrogen-bond acceptors (Lipinski definition) is 3. The van der Waals surface area contributed by atoms with Gasteiger partial charge in [-0.1, -0.05) is 42.8 Å². The van der Waals surface area contributed by atoms with E-state index >= 15 is 0 Å². The molecule has 1 aromatic heterocycles. The Hall–Kier alpha value is -2.34. The lowest BCUT2D eigenvalue weighted by Crippen LogP contribution is -2.29. The Morgan fingerprint density at radius 1 is 1.19 bits per heavy atom. The monoisotopic (exact) mass is 472 g/mol. The first-order chi connectivity index (χ1) is 15.0. The highest BCUT2D eigenvalue weighted by molar-refractivity contribution is 6.31. The van der Waals surface area contributed by atoms with Gasteiger partial charge in [0.25, 0.3) is 5.91 Å². The topological polar surface area (TPSA) is 59.0 Å². The average Bonchev–Trinajstić information content (AvgIpc) is 3.23. The maximum Gasteiger partial charge on any atom is 0.259 e. The molecule has 0 bridgehead atoms. The third kappa shape index (κ3) is 4.85. The molecule has 7 heteroatoms. The van der Waals surface area contributed by atoms with Gasteiger partial charge >= 0.3 is 0 Å². The zero-order valence-corrected chi connectivity index (χ0v) is 20.3. The van der Waals surface area contributed by atoms with Crippen molar-refractivity contribution in [3.8, 4) is 5.69 Å². The number of aryl methyl sites for hydroxylation is 3. The molecule has 2 N–H and O–H groups in total. The van der Waals surface area contributed by atoms with Crippen LogP contribution in [0.25, 0.3) is 5.69 Å². The van der Waals surface area contributed by atoms with Crippen LogP contribution in [-0.2, 0) is 6.42 Å². The Labute approximate surface area is 201 Å². The van der Waals surface area contributed by atoms with Gasteiger partial charge in [-0.25, -0.2) is 4.68 Å². The third-order valence-electron chi connectivity index (χ3n) is 6.16. The van der Waals surface area contributed by atoms with Gasteiger partial charge in [-0.2, -0.15) is 5.10 Å². The van der Waals surface area contributed by atoms with Crippen LogP contribution in [0, 0.1) is 13.8 Å². The highest BCUT2D eigenvalue weighted by atomic mass is 35.5. The number of carbonyl (C=O) groups excluding carboxylic acids is 1. The van der Waals surface area contributed by atoms with Crippen LogP contribution in [0.15, 0.2) is 42.6 Å². The molecule has 1 fully saturated rings. The zero-order valence-electron chi connectivity index (χ0n) is 18.7. The van der Waals surface area contributed by atoms with Crippen molar-refractivity contribution >= 4 is 35.6 Å². The lowest BCUT2D eigenvalue weighted by atomic mass is 9.91. The number of piperidine rings is 1. The van der Waals surface area contributed by atoms with Gasteiger partial charge in [-0.15, -0.1) is 12.4 Å². The Kier molecular flexibility index (Phi) is 7.99. The molecular weight excluding hydrogens is 443 g/mol. The van der Waals surface area contributed by atoms with Crippen molar-refractivity contribution in [2.75, 3.05) is 18.4 Å². The second kappa shape index (κ2) is 10.5. The number of hydrogen-bond donors (Lipinski definition) is 2. The van der Waals surface area contributed by atoms with E-state index in [2.05, 4.69) is 28.7 Å². The maximum atomic E-state index is 13.5. The molecule has 0 saturated carbocycles. The number of halogens is 2. The minimum absolute atomic E-state index is 0. The number of nitrogens with one attached hydrogen (secondary N) is 2. The molecule has 32 heavy (non-hydrogen) atoms. The molecule has 1 aliphatic heterocycles. The number of para-hydroxylation sites is 1. The van der Waals surface area contributed by atoms with Gasteiger partial charge in [0, 0.05) is 16.6 Å². The van der Waals surface area contributed by atoms with Crippen molar-refractivity contribution in [1.82, 2.24) is 15.1 Å². The van der Waals surface area contributed by atoms with Crippen molar-refractivity contribution in [2.45, 2.75) is 46.0 Å². The van der Waals surface area contributed by atoms with E-state index < -0.39 is 0 Å². The fraction of sp³-hybridized carbons (Fsp3) is 0.360. The molecule has 0 radical (unpaired) electrons. The molecule has 3 aromatic rings. The fourth-order valence-electron chi connectivity index (χ4n) is 4.32. The summed E-state index contributed by atoms with van der Waals surface area (Å²) in [5.74, 6) is 0.147. The minimum atomic E-state index is -0.109. The number of amides is 1. The summed E-state index contributed by atoms with van der Waals surface area (Å²) < 4.78 is 1.90. The van der Waals surface area contributed by atoms with Gasteiger partial charge in [-0.3, -0.25) is 4.79 Å². The third-order valence-corrected chi connectivity index (χ3v) is 6.56. The summed E-state index contributed by atoms with van der Waals surface area (Å²) in [7, 11) is 0. The second-order valence-electron chi connectivity index (χ2n) is 8.23. The van der Waals surface area contributed by atoms with Gasteiger partial charge in [0.2, 0.25) is 0 Å². The minimum Gasteiger partial charge on any atom is -0.321 e.